The van der Waals surface area contributed by atoms with Gasteiger partial charge in [0.05, 0.1) is 10.2 Å². The molecule has 0 fully saturated rings. The summed E-state index contributed by atoms with van der Waals surface area (Å²) in [6, 6.07) is 12.1. The summed E-state index contributed by atoms with van der Waals surface area (Å²) in [4.78, 5) is 4.52. The SMILES string of the molecule is Cc1ccc(/C=C/c2nc3ccccc3s2)o1. The van der Waals surface area contributed by atoms with E-state index in [2.05, 4.69) is 11.1 Å². The summed E-state index contributed by atoms with van der Waals surface area (Å²) in [5, 5.41) is 1.00. The summed E-state index contributed by atoms with van der Waals surface area (Å²) in [5.74, 6) is 1.79. The Morgan fingerprint density at radius 1 is 1.12 bits per heavy atom. The van der Waals surface area contributed by atoms with Gasteiger partial charge in [0.2, 0.25) is 0 Å². The first-order valence-electron chi connectivity index (χ1n) is 5.41. The highest BCUT2D eigenvalue weighted by atomic mass is 32.1. The Kier molecular flexibility index (Phi) is 2.53. The minimum atomic E-state index is 0.863. The van der Waals surface area contributed by atoms with Gasteiger partial charge in [-0.15, -0.1) is 11.3 Å². The topological polar surface area (TPSA) is 26.0 Å². The van der Waals surface area contributed by atoms with Gasteiger partial charge in [0, 0.05) is 0 Å². The number of aryl methyl sites for hydroxylation is 1. The molecule has 0 radical (unpaired) electrons. The van der Waals surface area contributed by atoms with Crippen LogP contribution in [0.25, 0.3) is 22.4 Å². The molecule has 0 aliphatic carbocycles. The highest BCUT2D eigenvalue weighted by Gasteiger charge is 1.99. The highest BCUT2D eigenvalue weighted by molar-refractivity contribution is 7.19. The smallest absolute Gasteiger partial charge is 0.127 e. The number of benzene rings is 1. The lowest BCUT2D eigenvalue weighted by Crippen LogP contribution is -1.68. The van der Waals surface area contributed by atoms with Crippen molar-refractivity contribution in [2.75, 3.05) is 0 Å². The number of para-hydroxylation sites is 1. The van der Waals surface area contributed by atoms with Crippen molar-refractivity contribution in [1.29, 1.82) is 0 Å². The second kappa shape index (κ2) is 4.18. The third-order valence-electron chi connectivity index (χ3n) is 2.46. The van der Waals surface area contributed by atoms with E-state index in [1.165, 1.54) is 4.70 Å². The minimum absolute atomic E-state index is 0.863. The van der Waals surface area contributed by atoms with Crippen LogP contribution in [0.5, 0.6) is 0 Å². The largest absolute Gasteiger partial charge is 0.462 e. The number of nitrogens with zero attached hydrogens (tertiary/aromatic N) is 1. The maximum atomic E-state index is 5.47. The number of thiazole rings is 1. The number of furan rings is 1. The lowest BCUT2D eigenvalue weighted by molar-refractivity contribution is 0.525. The first kappa shape index (κ1) is 10.3. The van der Waals surface area contributed by atoms with Crippen molar-refractivity contribution in [3.8, 4) is 0 Å². The minimum Gasteiger partial charge on any atom is -0.462 e. The molecule has 2 aromatic heterocycles. The summed E-state index contributed by atoms with van der Waals surface area (Å²) < 4.78 is 6.68. The van der Waals surface area contributed by atoms with E-state index in [4.69, 9.17) is 4.42 Å². The zero-order valence-corrected chi connectivity index (χ0v) is 10.2. The average molecular weight is 241 g/mol. The van der Waals surface area contributed by atoms with Crippen LogP contribution in [-0.2, 0) is 0 Å². The molecule has 0 spiro atoms. The molecule has 0 saturated carbocycles. The first-order chi connectivity index (χ1) is 8.31. The molecule has 0 amide bonds. The normalized spacial score (nSPS) is 11.6. The van der Waals surface area contributed by atoms with Crippen molar-refractivity contribution in [1.82, 2.24) is 4.98 Å². The van der Waals surface area contributed by atoms with Gasteiger partial charge >= 0.3 is 0 Å². The fraction of sp³-hybridized carbons (Fsp3) is 0.0714. The molecule has 3 heteroatoms. The quantitative estimate of drug-likeness (QED) is 0.666. The highest BCUT2D eigenvalue weighted by Crippen LogP contribution is 2.23. The summed E-state index contributed by atoms with van der Waals surface area (Å²) in [5.41, 5.74) is 1.05. The average Bonchev–Trinajstić information content (AvgIpc) is 2.91. The predicted molar refractivity (Wildman–Crippen MR) is 72.0 cm³/mol. The van der Waals surface area contributed by atoms with Crippen LogP contribution in [0, 0.1) is 6.92 Å². The van der Waals surface area contributed by atoms with Crippen LogP contribution in [0.4, 0.5) is 0 Å². The standard InChI is InChI=1S/C14H11NOS/c1-10-6-7-11(16-10)8-9-14-15-12-4-2-3-5-13(12)17-14/h2-9H,1H3/b9-8+. The number of hydrogen-bond donors (Lipinski definition) is 0. The molecular formula is C14H11NOS. The molecule has 2 nitrogen and oxygen atoms in total. The van der Waals surface area contributed by atoms with Crippen LogP contribution >= 0.6 is 11.3 Å². The second-order valence-electron chi connectivity index (χ2n) is 3.80. The van der Waals surface area contributed by atoms with Crippen molar-refractivity contribution in [2.24, 2.45) is 0 Å². The molecule has 0 aliphatic heterocycles. The molecule has 0 bridgehead atoms. The monoisotopic (exact) mass is 241 g/mol. The molecule has 0 atom stereocenters. The van der Waals surface area contributed by atoms with Crippen molar-refractivity contribution in [3.05, 3.63) is 52.9 Å². The van der Waals surface area contributed by atoms with Gasteiger partial charge in [-0.25, -0.2) is 4.98 Å². The molecule has 2 heterocycles. The fourth-order valence-corrected chi connectivity index (χ4v) is 2.53. The molecule has 0 N–H and O–H groups in total. The predicted octanol–water partition coefficient (Wildman–Crippen LogP) is 4.37. The molecule has 0 unspecified atom stereocenters. The van der Waals surface area contributed by atoms with E-state index < -0.39 is 0 Å². The Hall–Kier alpha value is -1.87. The van der Waals surface area contributed by atoms with Crippen LogP contribution in [0.3, 0.4) is 0 Å². The summed E-state index contributed by atoms with van der Waals surface area (Å²) in [6.07, 6.45) is 3.94. The van der Waals surface area contributed by atoms with E-state index in [9.17, 15) is 0 Å². The molecule has 1 aromatic carbocycles. The van der Waals surface area contributed by atoms with Gasteiger partial charge in [0.15, 0.2) is 0 Å². The lowest BCUT2D eigenvalue weighted by Gasteiger charge is -1.84. The molecular weight excluding hydrogens is 230 g/mol. The van der Waals surface area contributed by atoms with Crippen molar-refractivity contribution < 1.29 is 4.42 Å². The Morgan fingerprint density at radius 3 is 2.76 bits per heavy atom. The summed E-state index contributed by atoms with van der Waals surface area (Å²) in [6.45, 7) is 1.94. The fourth-order valence-electron chi connectivity index (χ4n) is 1.66. The number of hydrogen-bond acceptors (Lipinski definition) is 3. The third kappa shape index (κ3) is 2.15. The van der Waals surface area contributed by atoms with E-state index >= 15 is 0 Å². The Balaban J connectivity index is 1.92. The third-order valence-corrected chi connectivity index (χ3v) is 3.46. The van der Waals surface area contributed by atoms with Crippen molar-refractivity contribution in [3.63, 3.8) is 0 Å². The van der Waals surface area contributed by atoms with E-state index in [0.717, 1.165) is 22.0 Å². The van der Waals surface area contributed by atoms with Gasteiger partial charge in [-0.2, -0.15) is 0 Å². The van der Waals surface area contributed by atoms with Crippen LogP contribution in [0.15, 0.2) is 40.8 Å². The van der Waals surface area contributed by atoms with Crippen LogP contribution in [0.1, 0.15) is 16.5 Å². The zero-order valence-electron chi connectivity index (χ0n) is 9.38. The van der Waals surface area contributed by atoms with E-state index in [0.29, 0.717) is 0 Å². The number of fused-ring (bicyclic) bond motifs is 1. The lowest BCUT2D eigenvalue weighted by atomic mass is 10.3. The van der Waals surface area contributed by atoms with Gasteiger partial charge in [-0.3, -0.25) is 0 Å². The molecule has 0 saturated heterocycles. The van der Waals surface area contributed by atoms with E-state index in [1.807, 2.05) is 49.4 Å². The Bertz CT molecular complexity index is 645. The van der Waals surface area contributed by atoms with Gasteiger partial charge in [0.25, 0.3) is 0 Å². The van der Waals surface area contributed by atoms with Gasteiger partial charge < -0.3 is 4.42 Å². The van der Waals surface area contributed by atoms with Gasteiger partial charge in [0.1, 0.15) is 16.5 Å². The van der Waals surface area contributed by atoms with Crippen molar-refractivity contribution in [2.45, 2.75) is 6.92 Å². The first-order valence-corrected chi connectivity index (χ1v) is 6.23. The molecule has 84 valence electrons. The number of aromatic nitrogens is 1. The molecule has 3 rings (SSSR count). The van der Waals surface area contributed by atoms with Crippen LogP contribution < -0.4 is 0 Å². The Labute approximate surface area is 103 Å². The molecule has 0 aliphatic rings. The summed E-state index contributed by atoms with van der Waals surface area (Å²) >= 11 is 1.68. The second-order valence-corrected chi connectivity index (χ2v) is 4.86. The van der Waals surface area contributed by atoms with Crippen molar-refractivity contribution >= 4 is 33.7 Å². The molecule has 17 heavy (non-hydrogen) atoms. The zero-order chi connectivity index (χ0) is 11.7. The van der Waals surface area contributed by atoms with Crippen LogP contribution in [0.2, 0.25) is 0 Å². The van der Waals surface area contributed by atoms with Gasteiger partial charge in [-0.05, 0) is 43.3 Å². The van der Waals surface area contributed by atoms with E-state index in [-0.39, 0.29) is 0 Å². The maximum absolute atomic E-state index is 5.47. The van der Waals surface area contributed by atoms with Crippen LogP contribution in [-0.4, -0.2) is 4.98 Å². The number of rotatable bonds is 2. The van der Waals surface area contributed by atoms with E-state index in [1.54, 1.807) is 11.3 Å². The Morgan fingerprint density at radius 2 is 2.00 bits per heavy atom. The summed E-state index contributed by atoms with van der Waals surface area (Å²) in [7, 11) is 0. The molecule has 3 aromatic rings. The van der Waals surface area contributed by atoms with Gasteiger partial charge in [-0.1, -0.05) is 12.1 Å². The maximum Gasteiger partial charge on any atom is 0.127 e.